The van der Waals surface area contributed by atoms with Crippen LogP contribution in [0, 0.1) is 6.92 Å². The van der Waals surface area contributed by atoms with Gasteiger partial charge in [-0.3, -0.25) is 4.79 Å². The summed E-state index contributed by atoms with van der Waals surface area (Å²) in [5, 5.41) is 4.11. The third-order valence-corrected chi connectivity index (χ3v) is 4.94. The maximum absolute atomic E-state index is 12.3. The highest BCUT2D eigenvalue weighted by atomic mass is 16.5. The first-order chi connectivity index (χ1) is 14.1. The lowest BCUT2D eigenvalue weighted by Gasteiger charge is -2.09. The number of benzene rings is 2. The number of hydrogen-bond donors (Lipinski definition) is 0. The largest absolute Gasteiger partial charge is 0.497 e. The Labute approximate surface area is 168 Å². The first-order valence-electron chi connectivity index (χ1n) is 9.56. The van der Waals surface area contributed by atoms with Crippen LogP contribution < -0.4 is 10.3 Å². The lowest BCUT2D eigenvalue weighted by Crippen LogP contribution is -2.23. The number of fused-ring (bicyclic) bond motifs is 1. The molecule has 0 aliphatic heterocycles. The fourth-order valence-electron chi connectivity index (χ4n) is 3.34. The van der Waals surface area contributed by atoms with Crippen molar-refractivity contribution < 1.29 is 9.26 Å². The second-order valence-corrected chi connectivity index (χ2v) is 6.81. The Morgan fingerprint density at radius 2 is 1.86 bits per heavy atom. The smallest absolute Gasteiger partial charge is 0.272 e. The zero-order chi connectivity index (χ0) is 20.4. The van der Waals surface area contributed by atoms with Crippen molar-refractivity contribution in [3.05, 3.63) is 70.0 Å². The van der Waals surface area contributed by atoms with Crippen molar-refractivity contribution in [1.29, 1.82) is 0 Å². The zero-order valence-corrected chi connectivity index (χ0v) is 16.7. The van der Waals surface area contributed by atoms with Crippen LogP contribution in [-0.2, 0) is 19.4 Å². The molecular formula is C22H22N4O3. The van der Waals surface area contributed by atoms with Crippen LogP contribution in [0.5, 0.6) is 5.75 Å². The summed E-state index contributed by atoms with van der Waals surface area (Å²) in [6.07, 6.45) is 1.45. The van der Waals surface area contributed by atoms with Crippen LogP contribution in [0.1, 0.15) is 24.1 Å². The van der Waals surface area contributed by atoms with E-state index < -0.39 is 0 Å². The second-order valence-electron chi connectivity index (χ2n) is 6.81. The van der Waals surface area contributed by atoms with Crippen molar-refractivity contribution in [3.63, 3.8) is 0 Å². The van der Waals surface area contributed by atoms with Gasteiger partial charge in [0.2, 0.25) is 11.7 Å². The number of ether oxygens (including phenoxy) is 1. The van der Waals surface area contributed by atoms with Gasteiger partial charge in [0.05, 0.1) is 18.1 Å². The van der Waals surface area contributed by atoms with Gasteiger partial charge < -0.3 is 13.8 Å². The normalized spacial score (nSPS) is 11.1. The van der Waals surface area contributed by atoms with E-state index in [0.29, 0.717) is 30.4 Å². The Morgan fingerprint density at radius 3 is 2.59 bits per heavy atom. The van der Waals surface area contributed by atoms with E-state index in [1.54, 1.807) is 18.6 Å². The van der Waals surface area contributed by atoms with Crippen LogP contribution in [0.25, 0.3) is 22.4 Å². The van der Waals surface area contributed by atoms with Crippen molar-refractivity contribution in [2.24, 2.45) is 0 Å². The summed E-state index contributed by atoms with van der Waals surface area (Å²) in [4.78, 5) is 21.2. The van der Waals surface area contributed by atoms with E-state index in [-0.39, 0.29) is 5.56 Å². The molecule has 0 saturated carbocycles. The van der Waals surface area contributed by atoms with E-state index in [1.165, 1.54) is 5.56 Å². The topological polar surface area (TPSA) is 83.0 Å². The predicted octanol–water partition coefficient (Wildman–Crippen LogP) is 3.57. The molecule has 4 rings (SSSR count). The third-order valence-electron chi connectivity index (χ3n) is 4.94. The molecule has 2 aromatic heterocycles. The second kappa shape index (κ2) is 7.87. The van der Waals surface area contributed by atoms with Gasteiger partial charge >= 0.3 is 0 Å². The Balaban J connectivity index is 1.56. The minimum atomic E-state index is -0.0619. The molecule has 0 bridgehead atoms. The van der Waals surface area contributed by atoms with E-state index in [2.05, 4.69) is 15.1 Å². The molecule has 0 amide bonds. The van der Waals surface area contributed by atoms with Gasteiger partial charge in [0, 0.05) is 18.5 Å². The SMILES string of the molecule is CCn1c(=O)c(C)nc2cc(-c3noc(CCc4ccc(OC)cc4)n3)ccc21. The van der Waals surface area contributed by atoms with Crippen LogP contribution in [0.15, 0.2) is 51.8 Å². The van der Waals surface area contributed by atoms with Gasteiger partial charge in [-0.2, -0.15) is 4.98 Å². The summed E-state index contributed by atoms with van der Waals surface area (Å²) >= 11 is 0. The molecule has 2 aromatic carbocycles. The van der Waals surface area contributed by atoms with Crippen molar-refractivity contribution in [2.45, 2.75) is 33.2 Å². The predicted molar refractivity (Wildman–Crippen MR) is 110 cm³/mol. The molecule has 2 heterocycles. The summed E-state index contributed by atoms with van der Waals surface area (Å²) < 4.78 is 12.3. The maximum atomic E-state index is 12.3. The van der Waals surface area contributed by atoms with E-state index in [0.717, 1.165) is 28.8 Å². The molecular weight excluding hydrogens is 368 g/mol. The van der Waals surface area contributed by atoms with E-state index in [1.807, 2.05) is 49.4 Å². The highest BCUT2D eigenvalue weighted by Crippen LogP contribution is 2.21. The maximum Gasteiger partial charge on any atom is 0.272 e. The van der Waals surface area contributed by atoms with Crippen LogP contribution in [0.2, 0.25) is 0 Å². The zero-order valence-electron chi connectivity index (χ0n) is 16.7. The molecule has 0 spiro atoms. The number of aromatic nitrogens is 4. The number of aryl methyl sites for hydroxylation is 4. The quantitative estimate of drug-likeness (QED) is 0.500. The van der Waals surface area contributed by atoms with Crippen molar-refractivity contribution in [2.75, 3.05) is 7.11 Å². The lowest BCUT2D eigenvalue weighted by molar-refractivity contribution is 0.379. The monoisotopic (exact) mass is 390 g/mol. The third kappa shape index (κ3) is 3.76. The Morgan fingerprint density at radius 1 is 1.07 bits per heavy atom. The fourth-order valence-corrected chi connectivity index (χ4v) is 3.34. The van der Waals surface area contributed by atoms with Gasteiger partial charge in [0.15, 0.2) is 0 Å². The van der Waals surface area contributed by atoms with Gasteiger partial charge in [-0.25, -0.2) is 4.98 Å². The molecule has 0 N–H and O–H groups in total. The molecule has 0 radical (unpaired) electrons. The molecule has 7 heteroatoms. The van der Waals surface area contributed by atoms with Crippen molar-refractivity contribution in [3.8, 4) is 17.1 Å². The molecule has 0 atom stereocenters. The Hall–Kier alpha value is -3.48. The molecule has 148 valence electrons. The van der Waals surface area contributed by atoms with Crippen molar-refractivity contribution in [1.82, 2.24) is 19.7 Å². The summed E-state index contributed by atoms with van der Waals surface area (Å²) in [5.74, 6) is 1.94. The summed E-state index contributed by atoms with van der Waals surface area (Å²) in [7, 11) is 1.65. The molecule has 7 nitrogen and oxygen atoms in total. The van der Waals surface area contributed by atoms with Gasteiger partial charge in [-0.05, 0) is 56.2 Å². The van der Waals surface area contributed by atoms with Crippen LogP contribution in [-0.4, -0.2) is 26.8 Å². The Kier molecular flexibility index (Phi) is 5.12. The molecule has 0 unspecified atom stereocenters. The highest BCUT2D eigenvalue weighted by molar-refractivity contribution is 5.80. The average Bonchev–Trinajstić information content (AvgIpc) is 3.22. The fraction of sp³-hybridized carbons (Fsp3) is 0.273. The number of methoxy groups -OCH3 is 1. The number of nitrogens with zero attached hydrogens (tertiary/aromatic N) is 4. The Bertz CT molecular complexity index is 1210. The molecule has 4 aromatic rings. The van der Waals surface area contributed by atoms with E-state index in [4.69, 9.17) is 9.26 Å². The van der Waals surface area contributed by atoms with Gasteiger partial charge in [0.1, 0.15) is 11.4 Å². The highest BCUT2D eigenvalue weighted by Gasteiger charge is 2.12. The number of rotatable bonds is 6. The molecule has 0 aliphatic carbocycles. The molecule has 29 heavy (non-hydrogen) atoms. The minimum absolute atomic E-state index is 0.0619. The number of hydrogen-bond acceptors (Lipinski definition) is 6. The minimum Gasteiger partial charge on any atom is -0.497 e. The first-order valence-corrected chi connectivity index (χ1v) is 9.56. The van der Waals surface area contributed by atoms with E-state index in [9.17, 15) is 4.79 Å². The summed E-state index contributed by atoms with van der Waals surface area (Å²) in [6.45, 7) is 4.27. The van der Waals surface area contributed by atoms with Crippen LogP contribution >= 0.6 is 0 Å². The first kappa shape index (κ1) is 18.9. The van der Waals surface area contributed by atoms with Crippen molar-refractivity contribution >= 4 is 11.0 Å². The molecule has 0 fully saturated rings. The summed E-state index contributed by atoms with van der Waals surface area (Å²) in [6, 6.07) is 13.6. The standard InChI is InChI=1S/C22H22N4O3/c1-4-26-19-11-8-16(13-18(19)23-14(2)22(26)27)21-24-20(29-25-21)12-7-15-5-9-17(28-3)10-6-15/h5-6,8-11,13H,4,7,12H2,1-3H3. The van der Waals surface area contributed by atoms with E-state index >= 15 is 0 Å². The van der Waals surface area contributed by atoms with Crippen LogP contribution in [0.4, 0.5) is 0 Å². The summed E-state index contributed by atoms with van der Waals surface area (Å²) in [5.41, 5.74) is 3.94. The van der Waals surface area contributed by atoms with Gasteiger partial charge in [-0.1, -0.05) is 17.3 Å². The lowest BCUT2D eigenvalue weighted by atomic mass is 10.1. The molecule has 0 aliphatic rings. The van der Waals surface area contributed by atoms with Crippen LogP contribution in [0.3, 0.4) is 0 Å². The molecule has 0 saturated heterocycles. The van der Waals surface area contributed by atoms with Gasteiger partial charge in [0.25, 0.3) is 5.56 Å². The average molecular weight is 390 g/mol. The van der Waals surface area contributed by atoms with Gasteiger partial charge in [-0.15, -0.1) is 0 Å².